The van der Waals surface area contributed by atoms with Gasteiger partial charge >= 0.3 is 35.4 Å². The zero-order valence-electron chi connectivity index (χ0n) is 32.5. The van der Waals surface area contributed by atoms with Crippen LogP contribution in [0.15, 0.2) is 0 Å². The van der Waals surface area contributed by atoms with Crippen LogP contribution in [-0.4, -0.2) is 113 Å². The van der Waals surface area contributed by atoms with Gasteiger partial charge in [-0.1, -0.05) is 53.2 Å². The van der Waals surface area contributed by atoms with Gasteiger partial charge in [-0.3, -0.25) is 23.7 Å². The molecule has 338 valence electrons. The summed E-state index contributed by atoms with van der Waals surface area (Å²) >= 11 is 0. The van der Waals surface area contributed by atoms with Crippen LogP contribution in [0.3, 0.4) is 0 Å². The number of hydrogen-bond acceptors (Lipinski definition) is 15. The number of aliphatic hydroxyl groups is 1. The highest BCUT2D eigenvalue weighted by atomic mass is 33.1. The molecule has 0 aromatic carbocycles. The number of aliphatic carboxylic acids is 2. The SMILES string of the molecule is CCC(NC(=O)C(CC(=O)O)CC(=O)CCCCSSCCC(=O)NCC#CC1CCCCC(C2CC(O)C(COP(=O)(O)OP(=O)(O)OP(=O)(O)O)O2)CC1)C(=O)O. The van der Waals surface area contributed by atoms with E-state index in [1.165, 1.54) is 10.8 Å². The predicted molar refractivity (Wildman–Crippen MR) is 213 cm³/mol. The number of hydrogen-bond donors (Lipinski definition) is 9. The van der Waals surface area contributed by atoms with Gasteiger partial charge in [0.05, 0.1) is 37.7 Å². The molecule has 0 aromatic heterocycles. The Morgan fingerprint density at radius 3 is 2.24 bits per heavy atom. The van der Waals surface area contributed by atoms with E-state index in [1.54, 1.807) is 17.7 Å². The Kier molecular flexibility index (Phi) is 24.0. The van der Waals surface area contributed by atoms with Crippen molar-refractivity contribution in [3.63, 3.8) is 0 Å². The third kappa shape index (κ3) is 23.2. The second-order valence-electron chi connectivity index (χ2n) is 14.0. The van der Waals surface area contributed by atoms with E-state index in [4.69, 9.17) is 24.7 Å². The Labute approximate surface area is 350 Å². The van der Waals surface area contributed by atoms with Gasteiger partial charge in [-0.15, -0.1) is 0 Å². The molecule has 9 atom stereocenters. The zero-order chi connectivity index (χ0) is 44.2. The zero-order valence-corrected chi connectivity index (χ0v) is 36.8. The number of carbonyl (C=O) groups excluding carboxylic acids is 3. The summed E-state index contributed by atoms with van der Waals surface area (Å²) in [6.45, 7) is 1.03. The molecule has 59 heavy (non-hydrogen) atoms. The lowest BCUT2D eigenvalue weighted by Crippen LogP contribution is -2.44. The predicted octanol–water partition coefficient (Wildman–Crippen LogP) is 3.53. The molecule has 1 aliphatic carbocycles. The number of amides is 2. The number of aliphatic hydroxyl groups excluding tert-OH is 1. The maximum absolute atomic E-state index is 12.4. The number of unbranched alkanes of at least 4 members (excludes halogenated alkanes) is 1. The smallest absolute Gasteiger partial charge is 0.481 e. The number of carbonyl (C=O) groups is 5. The summed E-state index contributed by atoms with van der Waals surface area (Å²) in [5.41, 5.74) is 0. The van der Waals surface area contributed by atoms with Crippen molar-refractivity contribution in [2.45, 2.75) is 121 Å². The van der Waals surface area contributed by atoms with E-state index in [-0.39, 0.29) is 62.2 Å². The maximum Gasteiger partial charge on any atom is 0.490 e. The first kappa shape index (κ1) is 53.3. The second-order valence-corrected chi connectivity index (χ2v) is 21.1. The van der Waals surface area contributed by atoms with Crippen molar-refractivity contribution >= 4 is 74.6 Å². The van der Waals surface area contributed by atoms with Gasteiger partial charge in [-0.25, -0.2) is 18.5 Å². The molecule has 26 heteroatoms. The van der Waals surface area contributed by atoms with Gasteiger partial charge in [-0.2, -0.15) is 8.62 Å². The molecule has 1 aliphatic heterocycles. The monoisotopic (exact) mass is 940 g/mol. The van der Waals surface area contributed by atoms with Gasteiger partial charge in [0, 0.05) is 43.1 Å². The van der Waals surface area contributed by atoms with Crippen molar-refractivity contribution in [1.29, 1.82) is 0 Å². The molecule has 1 heterocycles. The minimum Gasteiger partial charge on any atom is -0.481 e. The minimum absolute atomic E-state index is 0.0354. The van der Waals surface area contributed by atoms with Crippen LogP contribution < -0.4 is 10.6 Å². The molecule has 2 fully saturated rings. The molecule has 21 nitrogen and oxygen atoms in total. The lowest BCUT2D eigenvalue weighted by molar-refractivity contribution is -0.144. The number of carboxylic acids is 2. The molecular formula is C33H55N2O19P3S2. The van der Waals surface area contributed by atoms with E-state index in [1.807, 2.05) is 0 Å². The van der Waals surface area contributed by atoms with Crippen LogP contribution in [0, 0.1) is 29.6 Å². The van der Waals surface area contributed by atoms with Crippen molar-refractivity contribution in [2.75, 3.05) is 24.7 Å². The number of rotatable bonds is 26. The molecule has 0 aromatic rings. The van der Waals surface area contributed by atoms with Gasteiger partial charge in [-0.05, 0) is 50.9 Å². The maximum atomic E-state index is 12.4. The van der Waals surface area contributed by atoms with Gasteiger partial charge < -0.3 is 50.3 Å². The molecule has 9 N–H and O–H groups in total. The summed E-state index contributed by atoms with van der Waals surface area (Å²) < 4.78 is 52.4. The summed E-state index contributed by atoms with van der Waals surface area (Å²) in [7, 11) is -13.5. The number of nitrogens with one attached hydrogen (secondary N) is 2. The van der Waals surface area contributed by atoms with Crippen LogP contribution in [0.25, 0.3) is 0 Å². The summed E-state index contributed by atoms with van der Waals surface area (Å²) in [6.07, 6.45) is 3.46. The number of phosphoric acid groups is 3. The molecule has 2 aliphatic rings. The summed E-state index contributed by atoms with van der Waals surface area (Å²) in [4.78, 5) is 95.9. The average molecular weight is 941 g/mol. The second kappa shape index (κ2) is 26.6. The highest BCUT2D eigenvalue weighted by Crippen LogP contribution is 2.66. The molecule has 0 spiro atoms. The fourth-order valence-electron chi connectivity index (χ4n) is 6.34. The van der Waals surface area contributed by atoms with Gasteiger partial charge in [0.1, 0.15) is 17.9 Å². The first-order chi connectivity index (χ1) is 27.6. The topological polar surface area (TPSA) is 339 Å². The lowest BCUT2D eigenvalue weighted by atomic mass is 9.82. The van der Waals surface area contributed by atoms with E-state index in [0.29, 0.717) is 24.3 Å². The highest BCUT2D eigenvalue weighted by molar-refractivity contribution is 8.76. The van der Waals surface area contributed by atoms with Crippen LogP contribution in [0.2, 0.25) is 0 Å². The average Bonchev–Trinajstić information content (AvgIpc) is 3.47. The fourth-order valence-corrected chi connectivity index (χ4v) is 11.5. The van der Waals surface area contributed by atoms with Crippen molar-refractivity contribution in [3.8, 4) is 11.8 Å². The highest BCUT2D eigenvalue weighted by Gasteiger charge is 2.43. The number of phosphoric ester groups is 1. The Bertz CT molecular complexity index is 1620. The number of Topliss-reactive ketones (excluding diaryl/α,β-unsaturated/α-hetero) is 1. The molecule has 2 amide bonds. The summed E-state index contributed by atoms with van der Waals surface area (Å²) in [6, 6.07) is -1.16. The summed E-state index contributed by atoms with van der Waals surface area (Å²) in [5, 5.41) is 33.9. The third-order valence-electron chi connectivity index (χ3n) is 9.26. The molecule has 9 unspecified atom stereocenters. The number of ketones is 1. The normalized spacial score (nSPS) is 24.1. The third-order valence-corrected chi connectivity index (χ3v) is 15.6. The van der Waals surface area contributed by atoms with E-state index in [0.717, 1.165) is 38.5 Å². The Balaban J connectivity index is 1.63. The van der Waals surface area contributed by atoms with Gasteiger partial charge in [0.2, 0.25) is 11.8 Å². The minimum atomic E-state index is -5.67. The quantitative estimate of drug-likeness (QED) is 0.0259. The van der Waals surface area contributed by atoms with Crippen LogP contribution in [0.1, 0.15) is 96.8 Å². The van der Waals surface area contributed by atoms with E-state index >= 15 is 0 Å². The van der Waals surface area contributed by atoms with E-state index < -0.39 is 84.6 Å². The van der Waals surface area contributed by atoms with Crippen LogP contribution in [-0.2, 0) is 55.5 Å². The molecular weight excluding hydrogens is 885 g/mol. The Hall–Kier alpha value is -1.86. The first-order valence-corrected chi connectivity index (χ1v) is 26.0. The lowest BCUT2D eigenvalue weighted by Gasteiger charge is -2.27. The largest absolute Gasteiger partial charge is 0.490 e. The number of carboxylic acid groups (broad SMARTS) is 2. The summed E-state index contributed by atoms with van der Waals surface area (Å²) in [5.74, 6) is 2.80. The van der Waals surface area contributed by atoms with E-state index in [2.05, 4.69) is 35.6 Å². The molecule has 0 radical (unpaired) electrons. The Morgan fingerprint density at radius 1 is 0.881 bits per heavy atom. The molecule has 1 saturated heterocycles. The van der Waals surface area contributed by atoms with E-state index in [9.17, 15) is 52.6 Å². The van der Waals surface area contributed by atoms with Crippen molar-refractivity contribution in [1.82, 2.24) is 10.6 Å². The molecule has 0 bridgehead atoms. The molecule has 2 rings (SSSR count). The Morgan fingerprint density at radius 2 is 1.58 bits per heavy atom. The first-order valence-electron chi connectivity index (χ1n) is 19.0. The van der Waals surface area contributed by atoms with Crippen molar-refractivity contribution in [2.24, 2.45) is 17.8 Å². The standard InChI is InChI=1S/C33H55N2O19P3S2/c1-2-26(33(42)43)35-32(41)24(19-31(39)40)18-25(36)11-5-6-16-58-59-17-14-30(38)34-15-7-9-22-8-3-4-10-23(13-12-22)28-20-27(37)29(52-28)21-51-56(47,48)54-57(49,50)53-55(44,45)46/h22-24,26-29,37H,2-6,8,10-21H2,1H3,(H,34,38)(H,35,41)(H,39,40)(H,42,43)(H,47,48)(H,49,50)(H2,44,45,46). The fraction of sp³-hybridized carbons (Fsp3) is 0.788. The van der Waals surface area contributed by atoms with Crippen molar-refractivity contribution < 1.29 is 90.4 Å². The molecule has 1 saturated carbocycles. The van der Waals surface area contributed by atoms with Gasteiger partial charge in [0.15, 0.2) is 0 Å². The van der Waals surface area contributed by atoms with Crippen LogP contribution >= 0.6 is 45.1 Å². The van der Waals surface area contributed by atoms with Crippen molar-refractivity contribution in [3.05, 3.63) is 0 Å². The van der Waals surface area contributed by atoms with Crippen LogP contribution in [0.5, 0.6) is 0 Å². The number of ether oxygens (including phenoxy) is 1. The van der Waals surface area contributed by atoms with Crippen LogP contribution in [0.4, 0.5) is 0 Å². The van der Waals surface area contributed by atoms with Gasteiger partial charge in [0.25, 0.3) is 0 Å².